The molecular formula is C13H12N2O4S. The topological polar surface area (TPSA) is 95.3 Å². The number of Topliss-reactive ketones (excluding diaryl/α,β-unsaturated/α-hetero) is 1. The quantitative estimate of drug-likeness (QED) is 0.610. The molecular weight excluding hydrogens is 280 g/mol. The van der Waals surface area contributed by atoms with Crippen molar-refractivity contribution in [1.29, 1.82) is 5.26 Å². The summed E-state index contributed by atoms with van der Waals surface area (Å²) in [6.07, 6.45) is 0.264. The first-order valence-electron chi connectivity index (χ1n) is 5.98. The zero-order chi connectivity index (χ0) is 14.9. The highest BCUT2D eigenvalue weighted by Gasteiger charge is 2.34. The first-order valence-corrected chi connectivity index (χ1v) is 7.63. The van der Waals surface area contributed by atoms with Gasteiger partial charge in [-0.1, -0.05) is 6.92 Å². The molecule has 2 rings (SSSR count). The molecule has 0 saturated heterocycles. The molecule has 7 heteroatoms. The molecule has 0 saturated carbocycles. The SMILES string of the molecule is CCC(=O)c1ccc2c(c1)S(=O)(=O)CC(=O)N2CC#N. The Morgan fingerprint density at radius 3 is 2.75 bits per heavy atom. The number of fused-ring (bicyclic) bond motifs is 1. The molecule has 6 nitrogen and oxygen atoms in total. The molecule has 1 aromatic rings. The van der Waals surface area contributed by atoms with Gasteiger partial charge in [0.25, 0.3) is 0 Å². The summed E-state index contributed by atoms with van der Waals surface area (Å²) < 4.78 is 24.1. The second kappa shape index (κ2) is 5.06. The maximum absolute atomic E-state index is 12.1. The van der Waals surface area contributed by atoms with Crippen molar-refractivity contribution in [1.82, 2.24) is 0 Å². The summed E-state index contributed by atoms with van der Waals surface area (Å²) in [4.78, 5) is 24.5. The molecule has 1 aliphatic heterocycles. The van der Waals surface area contributed by atoms with Gasteiger partial charge in [-0.25, -0.2) is 8.42 Å². The molecule has 1 aromatic carbocycles. The van der Waals surface area contributed by atoms with Crippen molar-refractivity contribution in [2.75, 3.05) is 17.2 Å². The van der Waals surface area contributed by atoms with Crippen LogP contribution in [-0.2, 0) is 14.6 Å². The Kier molecular flexibility index (Phi) is 3.59. The number of hydrogen-bond acceptors (Lipinski definition) is 5. The number of nitriles is 1. The van der Waals surface area contributed by atoms with Gasteiger partial charge in [0.05, 0.1) is 16.7 Å². The average molecular weight is 292 g/mol. The van der Waals surface area contributed by atoms with Gasteiger partial charge in [-0.15, -0.1) is 0 Å². The number of ketones is 1. The molecule has 0 aromatic heterocycles. The fourth-order valence-corrected chi connectivity index (χ4v) is 3.50. The first-order chi connectivity index (χ1) is 9.40. The molecule has 0 unspecified atom stereocenters. The third kappa shape index (κ3) is 2.30. The molecule has 0 N–H and O–H groups in total. The van der Waals surface area contributed by atoms with E-state index in [1.54, 1.807) is 6.92 Å². The summed E-state index contributed by atoms with van der Waals surface area (Å²) in [6.45, 7) is 1.46. The van der Waals surface area contributed by atoms with Gasteiger partial charge in [0.2, 0.25) is 5.91 Å². The van der Waals surface area contributed by atoms with Crippen LogP contribution >= 0.6 is 0 Å². The minimum atomic E-state index is -3.76. The standard InChI is InChI=1S/C13H12N2O4S/c1-2-11(16)9-3-4-10-12(7-9)20(18,19)8-13(17)15(10)6-5-14/h3-4,7H,2,6,8H2,1H3. The van der Waals surface area contributed by atoms with Gasteiger partial charge in [0.1, 0.15) is 12.3 Å². The Balaban J connectivity index is 2.64. The second-order valence-corrected chi connectivity index (χ2v) is 6.31. The van der Waals surface area contributed by atoms with E-state index in [1.807, 2.05) is 6.07 Å². The van der Waals surface area contributed by atoms with Gasteiger partial charge in [-0.2, -0.15) is 5.26 Å². The summed E-state index contributed by atoms with van der Waals surface area (Å²) in [6, 6.07) is 6.00. The normalized spacial score (nSPS) is 16.4. The lowest BCUT2D eigenvalue weighted by Gasteiger charge is -2.27. The van der Waals surface area contributed by atoms with Crippen LogP contribution in [0.2, 0.25) is 0 Å². The van der Waals surface area contributed by atoms with Crippen LogP contribution in [0.4, 0.5) is 5.69 Å². The molecule has 0 fully saturated rings. The Labute approximate surface area is 116 Å². The lowest BCUT2D eigenvalue weighted by molar-refractivity contribution is -0.116. The molecule has 1 amide bonds. The number of anilines is 1. The number of benzene rings is 1. The second-order valence-electron chi connectivity index (χ2n) is 4.36. The Hall–Kier alpha value is -2.20. The maximum atomic E-state index is 12.1. The molecule has 0 aliphatic carbocycles. The van der Waals surface area contributed by atoms with Crippen LogP contribution in [0, 0.1) is 11.3 Å². The Bertz CT molecular complexity index is 731. The largest absolute Gasteiger partial charge is 0.296 e. The maximum Gasteiger partial charge on any atom is 0.243 e. The monoisotopic (exact) mass is 292 g/mol. The van der Waals surface area contributed by atoms with Gasteiger partial charge < -0.3 is 0 Å². The van der Waals surface area contributed by atoms with Crippen molar-refractivity contribution >= 4 is 27.2 Å². The zero-order valence-corrected chi connectivity index (χ0v) is 11.6. The zero-order valence-electron chi connectivity index (χ0n) is 10.8. The van der Waals surface area contributed by atoms with Crippen molar-refractivity contribution in [3.05, 3.63) is 23.8 Å². The van der Waals surface area contributed by atoms with Crippen molar-refractivity contribution in [3.8, 4) is 6.07 Å². The van der Waals surface area contributed by atoms with E-state index in [2.05, 4.69) is 0 Å². The highest BCUT2D eigenvalue weighted by Crippen LogP contribution is 2.32. The fourth-order valence-electron chi connectivity index (χ4n) is 2.06. The third-order valence-electron chi connectivity index (χ3n) is 3.07. The van der Waals surface area contributed by atoms with Crippen molar-refractivity contribution in [2.24, 2.45) is 0 Å². The summed E-state index contributed by atoms with van der Waals surface area (Å²) in [7, 11) is -3.76. The van der Waals surface area contributed by atoms with E-state index in [4.69, 9.17) is 5.26 Å². The summed E-state index contributed by atoms with van der Waals surface area (Å²) >= 11 is 0. The van der Waals surface area contributed by atoms with Gasteiger partial charge in [0, 0.05) is 12.0 Å². The number of hydrogen-bond donors (Lipinski definition) is 0. The van der Waals surface area contributed by atoms with Crippen LogP contribution in [0.5, 0.6) is 0 Å². The van der Waals surface area contributed by atoms with Crippen molar-refractivity contribution in [2.45, 2.75) is 18.2 Å². The number of sulfone groups is 1. The minimum absolute atomic E-state index is 0.0633. The van der Waals surface area contributed by atoms with Crippen LogP contribution in [-0.4, -0.2) is 32.4 Å². The summed E-state index contributed by atoms with van der Waals surface area (Å²) in [5, 5.41) is 8.73. The molecule has 1 heterocycles. The van der Waals surface area contributed by atoms with Crippen molar-refractivity contribution in [3.63, 3.8) is 0 Å². The van der Waals surface area contributed by atoms with Crippen molar-refractivity contribution < 1.29 is 18.0 Å². The number of carbonyl (C=O) groups is 2. The van der Waals surface area contributed by atoms with Gasteiger partial charge in [0.15, 0.2) is 15.6 Å². The predicted octanol–water partition coefficient (Wildman–Crippen LogP) is 0.923. The van der Waals surface area contributed by atoms with E-state index < -0.39 is 21.5 Å². The van der Waals surface area contributed by atoms with Crippen LogP contribution in [0.15, 0.2) is 23.1 Å². The molecule has 1 aliphatic rings. The van der Waals surface area contributed by atoms with Crippen LogP contribution in [0.3, 0.4) is 0 Å². The molecule has 0 atom stereocenters. The number of nitrogens with zero attached hydrogens (tertiary/aromatic N) is 2. The Morgan fingerprint density at radius 2 is 2.15 bits per heavy atom. The number of carbonyl (C=O) groups excluding carboxylic acids is 2. The molecule has 0 spiro atoms. The molecule has 20 heavy (non-hydrogen) atoms. The predicted molar refractivity (Wildman–Crippen MR) is 71.1 cm³/mol. The lowest BCUT2D eigenvalue weighted by atomic mass is 10.1. The van der Waals surface area contributed by atoms with E-state index in [0.29, 0.717) is 5.56 Å². The van der Waals surface area contributed by atoms with E-state index in [-0.39, 0.29) is 29.3 Å². The van der Waals surface area contributed by atoms with E-state index >= 15 is 0 Å². The van der Waals surface area contributed by atoms with E-state index in [9.17, 15) is 18.0 Å². The van der Waals surface area contributed by atoms with Gasteiger partial charge in [-0.05, 0) is 18.2 Å². The molecule has 0 bridgehead atoms. The van der Waals surface area contributed by atoms with E-state index in [0.717, 1.165) is 4.90 Å². The van der Waals surface area contributed by atoms with E-state index in [1.165, 1.54) is 18.2 Å². The highest BCUT2D eigenvalue weighted by molar-refractivity contribution is 7.92. The molecule has 0 radical (unpaired) electrons. The average Bonchev–Trinajstić information content (AvgIpc) is 2.41. The number of amides is 1. The third-order valence-corrected chi connectivity index (χ3v) is 4.70. The van der Waals surface area contributed by atoms with Gasteiger partial charge in [-0.3, -0.25) is 14.5 Å². The number of rotatable bonds is 3. The van der Waals surface area contributed by atoms with Crippen LogP contribution < -0.4 is 4.90 Å². The van der Waals surface area contributed by atoms with Crippen LogP contribution in [0.1, 0.15) is 23.7 Å². The Morgan fingerprint density at radius 1 is 1.45 bits per heavy atom. The fraction of sp³-hybridized carbons (Fsp3) is 0.308. The minimum Gasteiger partial charge on any atom is -0.296 e. The van der Waals surface area contributed by atoms with Gasteiger partial charge >= 0.3 is 0 Å². The molecule has 104 valence electrons. The highest BCUT2D eigenvalue weighted by atomic mass is 32.2. The van der Waals surface area contributed by atoms with Crippen LogP contribution in [0.25, 0.3) is 0 Å². The summed E-state index contributed by atoms with van der Waals surface area (Å²) in [5.74, 6) is -1.48. The summed E-state index contributed by atoms with van der Waals surface area (Å²) in [5.41, 5.74) is 0.455. The smallest absolute Gasteiger partial charge is 0.243 e. The first kappa shape index (κ1) is 14.2. The lowest BCUT2D eigenvalue weighted by Crippen LogP contribution is -2.41.